The third-order valence-electron chi connectivity index (χ3n) is 6.23. The van der Waals surface area contributed by atoms with Crippen LogP contribution < -0.4 is 10.6 Å². The summed E-state index contributed by atoms with van der Waals surface area (Å²) < 4.78 is 27.0. The average Bonchev–Trinajstić information content (AvgIpc) is 2.78. The molecule has 0 radical (unpaired) electrons. The van der Waals surface area contributed by atoms with E-state index in [9.17, 15) is 18.0 Å². The molecule has 2 N–H and O–H groups in total. The highest BCUT2D eigenvalue weighted by Crippen LogP contribution is 2.18. The predicted molar refractivity (Wildman–Crippen MR) is 135 cm³/mol. The lowest BCUT2D eigenvalue weighted by atomic mass is 9.99. The lowest BCUT2D eigenvalue weighted by Crippen LogP contribution is -2.54. The van der Waals surface area contributed by atoms with E-state index in [4.69, 9.17) is 0 Å². The maximum atomic E-state index is 13.0. The molecule has 1 heterocycles. The van der Waals surface area contributed by atoms with Crippen LogP contribution in [0.1, 0.15) is 64.7 Å². The van der Waals surface area contributed by atoms with E-state index in [1.807, 2.05) is 13.8 Å². The number of nitrogens with zero attached hydrogens (tertiary/aromatic N) is 2. The zero-order chi connectivity index (χ0) is 25.5. The van der Waals surface area contributed by atoms with Gasteiger partial charge in [0.15, 0.2) is 0 Å². The molecule has 1 aromatic rings. The summed E-state index contributed by atoms with van der Waals surface area (Å²) in [6.45, 7) is 15.4. The van der Waals surface area contributed by atoms with Gasteiger partial charge in [-0.25, -0.2) is 8.42 Å². The van der Waals surface area contributed by atoms with E-state index in [2.05, 4.69) is 29.4 Å². The Morgan fingerprint density at radius 3 is 2.24 bits per heavy atom. The van der Waals surface area contributed by atoms with E-state index in [1.165, 1.54) is 16.4 Å². The minimum absolute atomic E-state index is 0.0718. The predicted octanol–water partition coefficient (Wildman–Crippen LogP) is 2.71. The smallest absolute Gasteiger partial charge is 0.251 e. The molecule has 0 aromatic heterocycles. The number of benzene rings is 1. The number of nitrogens with one attached hydrogen (secondary N) is 2. The molecule has 1 fully saturated rings. The molecule has 0 saturated carbocycles. The van der Waals surface area contributed by atoms with E-state index in [1.54, 1.807) is 26.0 Å². The number of carbonyl (C=O) groups excluding carboxylic acids is 2. The maximum absolute atomic E-state index is 13.0. The molecule has 0 bridgehead atoms. The van der Waals surface area contributed by atoms with Crippen molar-refractivity contribution >= 4 is 21.8 Å². The van der Waals surface area contributed by atoms with Gasteiger partial charge < -0.3 is 15.5 Å². The molecule has 2 rings (SSSR count). The summed E-state index contributed by atoms with van der Waals surface area (Å²) in [6.07, 6.45) is 1.78. The highest BCUT2D eigenvalue weighted by Gasteiger charge is 2.29. The van der Waals surface area contributed by atoms with Gasteiger partial charge in [0, 0.05) is 44.3 Å². The van der Waals surface area contributed by atoms with Crippen LogP contribution in [0.5, 0.6) is 0 Å². The Labute approximate surface area is 205 Å². The third-order valence-corrected chi connectivity index (χ3v) is 8.28. The van der Waals surface area contributed by atoms with Gasteiger partial charge in [0.1, 0.15) is 6.04 Å². The van der Waals surface area contributed by atoms with Gasteiger partial charge in [-0.2, -0.15) is 4.31 Å². The van der Waals surface area contributed by atoms with Gasteiger partial charge in [-0.3, -0.25) is 9.59 Å². The van der Waals surface area contributed by atoms with Crippen LogP contribution in [0.25, 0.3) is 0 Å². The van der Waals surface area contributed by atoms with Crippen LogP contribution in [-0.2, 0) is 14.8 Å². The van der Waals surface area contributed by atoms with Crippen molar-refractivity contribution in [1.29, 1.82) is 0 Å². The number of likely N-dealkylation sites (tertiary alicyclic amines) is 1. The van der Waals surface area contributed by atoms with Gasteiger partial charge >= 0.3 is 0 Å². The quantitative estimate of drug-likeness (QED) is 0.493. The second kappa shape index (κ2) is 12.7. The maximum Gasteiger partial charge on any atom is 0.251 e. The third kappa shape index (κ3) is 7.52. The zero-order valence-corrected chi connectivity index (χ0v) is 22.3. The number of sulfonamides is 1. The highest BCUT2D eigenvalue weighted by molar-refractivity contribution is 7.89. The second-order valence-corrected chi connectivity index (χ2v) is 11.7. The summed E-state index contributed by atoms with van der Waals surface area (Å²) in [7, 11) is -3.68. The van der Waals surface area contributed by atoms with Crippen molar-refractivity contribution in [2.24, 2.45) is 11.8 Å². The molecule has 1 aliphatic heterocycles. The lowest BCUT2D eigenvalue weighted by molar-refractivity contribution is -0.125. The van der Waals surface area contributed by atoms with Crippen LogP contribution in [0.2, 0.25) is 0 Å². The number of hydrogen-bond acceptors (Lipinski definition) is 5. The van der Waals surface area contributed by atoms with Crippen molar-refractivity contribution in [2.45, 2.75) is 71.4 Å². The molecule has 1 unspecified atom stereocenters. The molecule has 1 atom stereocenters. The van der Waals surface area contributed by atoms with Gasteiger partial charge in [-0.15, -0.1) is 0 Å². The largest absolute Gasteiger partial charge is 0.351 e. The van der Waals surface area contributed by atoms with Crippen LogP contribution in [0.15, 0.2) is 29.2 Å². The molecule has 0 aliphatic carbocycles. The van der Waals surface area contributed by atoms with E-state index in [-0.39, 0.29) is 28.3 Å². The minimum Gasteiger partial charge on any atom is -0.351 e. The minimum atomic E-state index is -3.68. The molecule has 192 valence electrons. The summed E-state index contributed by atoms with van der Waals surface area (Å²) >= 11 is 0. The fourth-order valence-corrected chi connectivity index (χ4v) is 5.84. The Kier molecular flexibility index (Phi) is 10.5. The molecule has 0 spiro atoms. The summed E-state index contributed by atoms with van der Waals surface area (Å²) in [5.41, 5.74) is 0.216. The fourth-order valence-electron chi connectivity index (χ4n) is 4.34. The first-order chi connectivity index (χ1) is 16.0. The Hall–Kier alpha value is -1.97. The van der Waals surface area contributed by atoms with Crippen molar-refractivity contribution < 1.29 is 18.0 Å². The summed E-state index contributed by atoms with van der Waals surface area (Å²) in [5.74, 6) is -0.158. The number of rotatable bonds is 11. The molecule has 2 amide bonds. The molecule has 8 nitrogen and oxygen atoms in total. The van der Waals surface area contributed by atoms with Gasteiger partial charge in [0.25, 0.3) is 5.91 Å². The summed E-state index contributed by atoms with van der Waals surface area (Å²) in [5, 5.41) is 5.94. The SMILES string of the molecule is CCN(CC)S(=O)(=O)c1cccc(C(=O)NC(C(=O)NC2CCN(CC(C)C)CC2)C(C)C)c1. The van der Waals surface area contributed by atoms with Gasteiger partial charge in [0.05, 0.1) is 4.90 Å². The highest BCUT2D eigenvalue weighted by atomic mass is 32.2. The first kappa shape index (κ1) is 28.3. The van der Waals surface area contributed by atoms with E-state index >= 15 is 0 Å². The molecule has 9 heteroatoms. The lowest BCUT2D eigenvalue weighted by Gasteiger charge is -2.34. The van der Waals surface area contributed by atoms with Crippen molar-refractivity contribution in [2.75, 3.05) is 32.7 Å². The normalized spacial score (nSPS) is 16.7. The Bertz CT molecular complexity index is 921. The summed E-state index contributed by atoms with van der Waals surface area (Å²) in [6, 6.07) is 5.38. The van der Waals surface area contributed by atoms with E-state index in [0.29, 0.717) is 19.0 Å². The van der Waals surface area contributed by atoms with Crippen LogP contribution >= 0.6 is 0 Å². The molecule has 1 aromatic carbocycles. The Balaban J connectivity index is 2.06. The Morgan fingerprint density at radius 2 is 1.71 bits per heavy atom. The Morgan fingerprint density at radius 1 is 1.09 bits per heavy atom. The molecule has 1 saturated heterocycles. The number of amides is 2. The van der Waals surface area contributed by atoms with Crippen molar-refractivity contribution in [1.82, 2.24) is 19.8 Å². The first-order valence-corrected chi connectivity index (χ1v) is 13.9. The van der Waals surface area contributed by atoms with Crippen LogP contribution in [0.4, 0.5) is 0 Å². The van der Waals surface area contributed by atoms with Crippen molar-refractivity contribution in [3.63, 3.8) is 0 Å². The fraction of sp³-hybridized carbons (Fsp3) is 0.680. The van der Waals surface area contributed by atoms with Gasteiger partial charge in [-0.1, -0.05) is 47.6 Å². The number of carbonyl (C=O) groups is 2. The first-order valence-electron chi connectivity index (χ1n) is 12.4. The van der Waals surface area contributed by atoms with Crippen LogP contribution in [0.3, 0.4) is 0 Å². The zero-order valence-electron chi connectivity index (χ0n) is 21.5. The van der Waals surface area contributed by atoms with Gasteiger partial charge in [0.2, 0.25) is 15.9 Å². The average molecular weight is 495 g/mol. The monoisotopic (exact) mass is 494 g/mol. The number of hydrogen-bond donors (Lipinski definition) is 2. The second-order valence-electron chi connectivity index (χ2n) is 9.79. The van der Waals surface area contributed by atoms with Crippen molar-refractivity contribution in [3.8, 4) is 0 Å². The van der Waals surface area contributed by atoms with Crippen LogP contribution in [-0.4, -0.2) is 74.2 Å². The standard InChI is InChI=1S/C25H42N4O4S/c1-7-29(8-2)34(32,33)22-11-9-10-20(16-22)24(30)27-23(19(5)6)25(31)26-21-12-14-28(15-13-21)17-18(3)4/h9-11,16,18-19,21,23H,7-8,12-15,17H2,1-6H3,(H,26,31)(H,27,30). The molecular weight excluding hydrogens is 452 g/mol. The number of piperidine rings is 1. The van der Waals surface area contributed by atoms with Crippen LogP contribution in [0, 0.1) is 11.8 Å². The molecule has 34 heavy (non-hydrogen) atoms. The molecular formula is C25H42N4O4S. The molecule has 1 aliphatic rings. The summed E-state index contributed by atoms with van der Waals surface area (Å²) in [4.78, 5) is 28.5. The topological polar surface area (TPSA) is 98.8 Å². The van der Waals surface area contributed by atoms with Gasteiger partial charge in [-0.05, 0) is 42.9 Å². The van der Waals surface area contributed by atoms with E-state index in [0.717, 1.165) is 32.5 Å². The van der Waals surface area contributed by atoms with Crippen molar-refractivity contribution in [3.05, 3.63) is 29.8 Å². The van der Waals surface area contributed by atoms with E-state index < -0.39 is 22.0 Å².